The zero-order valence-corrected chi connectivity index (χ0v) is 13.3. The third-order valence-corrected chi connectivity index (χ3v) is 5.68. The van der Waals surface area contributed by atoms with Crippen molar-refractivity contribution in [2.75, 3.05) is 0 Å². The molecular formula is C17H18N3O2S+. The maximum absolute atomic E-state index is 12.9. The molecule has 2 aromatic carbocycles. The molecule has 0 saturated heterocycles. The van der Waals surface area contributed by atoms with Crippen LogP contribution in [-0.2, 0) is 9.84 Å². The first kappa shape index (κ1) is 15.5. The number of rotatable bonds is 2. The van der Waals surface area contributed by atoms with Crippen LogP contribution in [0.15, 0.2) is 70.8 Å². The zero-order valence-electron chi connectivity index (χ0n) is 12.5. The van der Waals surface area contributed by atoms with Gasteiger partial charge in [0, 0.05) is 23.1 Å². The highest BCUT2D eigenvalue weighted by Crippen LogP contribution is 2.27. The third-order valence-electron chi connectivity index (χ3n) is 3.97. The summed E-state index contributed by atoms with van der Waals surface area (Å²) in [6, 6.07) is 12.0. The maximum atomic E-state index is 12.9. The Labute approximate surface area is 134 Å². The van der Waals surface area contributed by atoms with Gasteiger partial charge in [0.25, 0.3) is 0 Å². The molecule has 0 bridgehead atoms. The average molecular weight is 328 g/mol. The van der Waals surface area contributed by atoms with Gasteiger partial charge in [0.05, 0.1) is 4.90 Å². The van der Waals surface area contributed by atoms with Crippen molar-refractivity contribution in [3.8, 4) is 0 Å². The molecule has 1 aliphatic carbocycles. The van der Waals surface area contributed by atoms with Gasteiger partial charge in [-0.2, -0.15) is 0 Å². The lowest BCUT2D eigenvalue weighted by Crippen LogP contribution is -2.63. The van der Waals surface area contributed by atoms with Crippen LogP contribution in [0.2, 0.25) is 0 Å². The minimum absolute atomic E-state index is 0.141. The van der Waals surface area contributed by atoms with E-state index in [4.69, 9.17) is 11.1 Å². The quantitative estimate of drug-likeness (QED) is 0.572. The molecule has 6 heteroatoms. The van der Waals surface area contributed by atoms with E-state index in [2.05, 4.69) is 5.73 Å². The predicted molar refractivity (Wildman–Crippen MR) is 90.5 cm³/mol. The molecule has 0 aliphatic heterocycles. The molecule has 5 nitrogen and oxygen atoms in total. The molecule has 1 unspecified atom stereocenters. The number of fused-ring (bicyclic) bond motifs is 1. The number of hydrogen-bond donors (Lipinski definition) is 3. The number of hydrogen-bond acceptors (Lipinski definition) is 4. The van der Waals surface area contributed by atoms with Gasteiger partial charge in [-0.1, -0.05) is 42.5 Å². The Bertz CT molecular complexity index is 953. The van der Waals surface area contributed by atoms with Crippen molar-refractivity contribution in [1.29, 1.82) is 5.41 Å². The number of benzene rings is 2. The molecule has 2 aromatic rings. The average Bonchev–Trinajstić information content (AvgIpc) is 2.55. The van der Waals surface area contributed by atoms with Gasteiger partial charge < -0.3 is 11.5 Å². The van der Waals surface area contributed by atoms with Crippen LogP contribution in [0.1, 0.15) is 6.42 Å². The van der Waals surface area contributed by atoms with E-state index in [0.717, 1.165) is 5.39 Å². The summed E-state index contributed by atoms with van der Waals surface area (Å²) < 4.78 is 25.9. The van der Waals surface area contributed by atoms with Crippen LogP contribution in [0.5, 0.6) is 0 Å². The van der Waals surface area contributed by atoms with E-state index in [1.807, 2.05) is 18.2 Å². The summed E-state index contributed by atoms with van der Waals surface area (Å²) >= 11 is 0. The number of nitrogens with one attached hydrogen (secondary N) is 1. The van der Waals surface area contributed by atoms with Gasteiger partial charge in [0.15, 0.2) is 5.04 Å². The van der Waals surface area contributed by atoms with E-state index in [9.17, 15) is 8.42 Å². The summed E-state index contributed by atoms with van der Waals surface area (Å²) in [6.07, 6.45) is 3.86. The summed E-state index contributed by atoms with van der Waals surface area (Å²) in [7, 11) is -3.93. The van der Waals surface area contributed by atoms with Crippen molar-refractivity contribution in [1.82, 2.24) is 0 Å². The molecular weight excluding hydrogens is 310 g/mol. The van der Waals surface area contributed by atoms with Crippen LogP contribution in [-0.4, -0.2) is 19.5 Å². The summed E-state index contributed by atoms with van der Waals surface area (Å²) in [6.45, 7) is 0. The Kier molecular flexibility index (Phi) is 3.79. The van der Waals surface area contributed by atoms with Gasteiger partial charge in [0.2, 0.25) is 9.84 Å². The molecule has 0 spiro atoms. The molecule has 0 amide bonds. The van der Waals surface area contributed by atoms with Gasteiger partial charge in [-0.15, -0.1) is 0 Å². The highest BCUT2D eigenvalue weighted by atomic mass is 32.2. The van der Waals surface area contributed by atoms with Crippen LogP contribution >= 0.6 is 0 Å². The zero-order chi connectivity index (χ0) is 16.6. The minimum atomic E-state index is -3.93. The van der Waals surface area contributed by atoms with E-state index >= 15 is 0 Å². The highest BCUT2D eigenvalue weighted by Gasteiger charge is 2.31. The largest absolute Gasteiger partial charge is 0.399 e. The van der Waals surface area contributed by atoms with Gasteiger partial charge in [-0.3, -0.25) is 5.41 Å². The Morgan fingerprint density at radius 3 is 2.65 bits per heavy atom. The molecule has 0 aromatic heterocycles. The van der Waals surface area contributed by atoms with Crippen molar-refractivity contribution < 1.29 is 14.2 Å². The fourth-order valence-corrected chi connectivity index (χ4v) is 4.20. The molecule has 0 heterocycles. The van der Waals surface area contributed by atoms with Gasteiger partial charge in [-0.05, 0) is 17.5 Å². The maximum Gasteiger partial charge on any atom is 0.224 e. The van der Waals surface area contributed by atoms with Crippen LogP contribution < -0.4 is 11.5 Å². The van der Waals surface area contributed by atoms with Gasteiger partial charge in [-0.25, -0.2) is 8.42 Å². The lowest BCUT2D eigenvalue weighted by Gasteiger charge is -2.18. The second kappa shape index (κ2) is 5.64. The van der Waals surface area contributed by atoms with Crippen molar-refractivity contribution >= 4 is 25.7 Å². The SMILES string of the molecule is N=C(C1=CC(N)=CCC1[NH3+])S(=O)(=O)c1cccc2ccccc12. The van der Waals surface area contributed by atoms with Crippen LogP contribution in [0.3, 0.4) is 0 Å². The lowest BCUT2D eigenvalue weighted by molar-refractivity contribution is -0.404. The molecule has 0 saturated carbocycles. The van der Waals surface area contributed by atoms with Crippen molar-refractivity contribution in [3.63, 3.8) is 0 Å². The molecule has 23 heavy (non-hydrogen) atoms. The number of allylic oxidation sites excluding steroid dienone is 1. The first-order chi connectivity index (χ1) is 10.9. The van der Waals surface area contributed by atoms with E-state index in [1.165, 1.54) is 12.1 Å². The standard InChI is InChI=1S/C17H17N3O2S/c18-12-8-9-15(19)14(10-12)17(20)23(21,22)16-7-3-5-11-4-1-2-6-13(11)16/h1-8,10,15,20H,9,18-19H2/p+1. The Hall–Kier alpha value is -2.44. The van der Waals surface area contributed by atoms with Crippen LogP contribution in [0, 0.1) is 5.41 Å². The van der Waals surface area contributed by atoms with Gasteiger partial charge >= 0.3 is 0 Å². The Morgan fingerprint density at radius 1 is 1.17 bits per heavy atom. The highest BCUT2D eigenvalue weighted by molar-refractivity contribution is 8.07. The molecule has 6 N–H and O–H groups in total. The predicted octanol–water partition coefficient (Wildman–Crippen LogP) is 1.37. The molecule has 1 atom stereocenters. The smallest absolute Gasteiger partial charge is 0.224 e. The Morgan fingerprint density at radius 2 is 1.87 bits per heavy atom. The van der Waals surface area contributed by atoms with Crippen molar-refractivity contribution in [2.45, 2.75) is 17.4 Å². The molecule has 0 radical (unpaired) electrons. The second-order valence-electron chi connectivity index (χ2n) is 5.55. The van der Waals surface area contributed by atoms with Crippen molar-refractivity contribution in [2.24, 2.45) is 5.73 Å². The Balaban J connectivity index is 2.14. The van der Waals surface area contributed by atoms with Crippen LogP contribution in [0.4, 0.5) is 0 Å². The van der Waals surface area contributed by atoms with Crippen molar-refractivity contribution in [3.05, 3.63) is 65.9 Å². The molecule has 118 valence electrons. The van der Waals surface area contributed by atoms with Gasteiger partial charge in [0.1, 0.15) is 6.04 Å². The van der Waals surface area contributed by atoms with E-state index in [-0.39, 0.29) is 10.9 Å². The number of sulfone groups is 1. The summed E-state index contributed by atoms with van der Waals surface area (Å²) in [5.41, 5.74) is 10.5. The number of nitrogens with two attached hydrogens (primary N) is 1. The van der Waals surface area contributed by atoms with Crippen LogP contribution in [0.25, 0.3) is 10.8 Å². The fraction of sp³-hybridized carbons (Fsp3) is 0.118. The molecule has 1 aliphatic rings. The monoisotopic (exact) mass is 328 g/mol. The van der Waals surface area contributed by atoms with E-state index < -0.39 is 14.9 Å². The fourth-order valence-electron chi connectivity index (χ4n) is 2.71. The van der Waals surface area contributed by atoms with E-state index in [0.29, 0.717) is 23.1 Å². The first-order valence-corrected chi connectivity index (χ1v) is 8.71. The van der Waals surface area contributed by atoms with E-state index in [1.54, 1.807) is 24.3 Å². The minimum Gasteiger partial charge on any atom is -0.399 e. The third kappa shape index (κ3) is 2.67. The topological polar surface area (TPSA) is 112 Å². The normalized spacial score (nSPS) is 18.4. The summed E-state index contributed by atoms with van der Waals surface area (Å²) in [4.78, 5) is 0.141. The lowest BCUT2D eigenvalue weighted by atomic mass is 9.99. The second-order valence-corrected chi connectivity index (χ2v) is 7.40. The summed E-state index contributed by atoms with van der Waals surface area (Å²) in [5.74, 6) is 0. The number of quaternary nitrogens is 1. The molecule has 3 rings (SSSR count). The molecule has 0 fully saturated rings. The first-order valence-electron chi connectivity index (χ1n) is 7.23. The summed E-state index contributed by atoms with van der Waals surface area (Å²) in [5, 5.41) is 9.25.